The molecule has 34 heavy (non-hydrogen) atoms. The van der Waals surface area contributed by atoms with Crippen LogP contribution in [0.4, 0.5) is 5.82 Å². The van der Waals surface area contributed by atoms with Crippen LogP contribution in [0.1, 0.15) is 72.1 Å². The molecule has 1 aliphatic carbocycles. The van der Waals surface area contributed by atoms with Gasteiger partial charge in [-0.2, -0.15) is 0 Å². The zero-order valence-corrected chi connectivity index (χ0v) is 22.1. The first-order chi connectivity index (χ1) is 16.5. The summed E-state index contributed by atoms with van der Waals surface area (Å²) in [6.07, 6.45) is 7.06. The SMILES string of the molecule is CC[C@@H](C)c1nc(N2CCN(C(=O)c3ccc(Cl)cc3Cl)CC2)c2c3c(sc2n1)CCCCC3. The van der Waals surface area contributed by atoms with Crippen LogP contribution in [0.15, 0.2) is 18.2 Å². The number of fused-ring (bicyclic) bond motifs is 3. The number of carbonyl (C=O) groups is 1. The van der Waals surface area contributed by atoms with Crippen LogP contribution in [0.5, 0.6) is 0 Å². The summed E-state index contributed by atoms with van der Waals surface area (Å²) >= 11 is 14.2. The van der Waals surface area contributed by atoms with E-state index in [0.29, 0.717) is 34.6 Å². The molecule has 1 amide bonds. The van der Waals surface area contributed by atoms with Gasteiger partial charge in [-0.1, -0.05) is 43.5 Å². The van der Waals surface area contributed by atoms with Gasteiger partial charge in [0.25, 0.3) is 5.91 Å². The lowest BCUT2D eigenvalue weighted by Crippen LogP contribution is -2.49. The lowest BCUT2D eigenvalue weighted by molar-refractivity contribution is 0.0747. The number of hydrogen-bond donors (Lipinski definition) is 0. The highest BCUT2D eigenvalue weighted by molar-refractivity contribution is 7.19. The Labute approximate surface area is 215 Å². The molecular weight excluding hydrogens is 487 g/mol. The average molecular weight is 518 g/mol. The topological polar surface area (TPSA) is 49.3 Å². The number of aromatic nitrogens is 2. The molecule has 3 heterocycles. The molecule has 5 rings (SSSR count). The van der Waals surface area contributed by atoms with Gasteiger partial charge in [-0.3, -0.25) is 4.79 Å². The summed E-state index contributed by atoms with van der Waals surface area (Å²) in [5.41, 5.74) is 1.97. The van der Waals surface area contributed by atoms with Gasteiger partial charge in [0.1, 0.15) is 16.5 Å². The predicted octanol–water partition coefficient (Wildman–Crippen LogP) is 6.74. The smallest absolute Gasteiger partial charge is 0.255 e. The molecule has 1 atom stereocenters. The molecule has 1 aromatic carbocycles. The highest BCUT2D eigenvalue weighted by Crippen LogP contribution is 2.40. The summed E-state index contributed by atoms with van der Waals surface area (Å²) in [6, 6.07) is 5.06. The Morgan fingerprint density at radius 3 is 2.59 bits per heavy atom. The average Bonchev–Trinajstić information content (AvgIpc) is 3.03. The number of benzene rings is 1. The van der Waals surface area contributed by atoms with E-state index < -0.39 is 0 Å². The van der Waals surface area contributed by atoms with Crippen LogP contribution >= 0.6 is 34.5 Å². The third-order valence-corrected chi connectivity index (χ3v) is 8.88. The van der Waals surface area contributed by atoms with E-state index in [0.717, 1.165) is 48.8 Å². The molecule has 1 fully saturated rings. The van der Waals surface area contributed by atoms with E-state index in [-0.39, 0.29) is 5.91 Å². The Bertz CT molecular complexity index is 1220. The molecule has 180 valence electrons. The highest BCUT2D eigenvalue weighted by atomic mass is 35.5. The fourth-order valence-electron chi connectivity index (χ4n) is 4.92. The third-order valence-electron chi connectivity index (χ3n) is 7.14. The van der Waals surface area contributed by atoms with Crippen molar-refractivity contribution >= 4 is 56.5 Å². The largest absolute Gasteiger partial charge is 0.352 e. The molecule has 3 aromatic rings. The van der Waals surface area contributed by atoms with E-state index in [1.165, 1.54) is 35.1 Å². The minimum atomic E-state index is -0.0427. The maximum atomic E-state index is 13.1. The van der Waals surface area contributed by atoms with Gasteiger partial charge in [0.15, 0.2) is 0 Å². The van der Waals surface area contributed by atoms with Crippen molar-refractivity contribution in [1.82, 2.24) is 14.9 Å². The van der Waals surface area contributed by atoms with Crippen LogP contribution in [0.25, 0.3) is 10.2 Å². The Morgan fingerprint density at radius 1 is 1.09 bits per heavy atom. The molecular formula is C26H30Cl2N4OS. The second-order valence-electron chi connectivity index (χ2n) is 9.36. The summed E-state index contributed by atoms with van der Waals surface area (Å²) < 4.78 is 0. The van der Waals surface area contributed by atoms with Gasteiger partial charge in [-0.25, -0.2) is 9.97 Å². The number of anilines is 1. The zero-order valence-electron chi connectivity index (χ0n) is 19.7. The van der Waals surface area contributed by atoms with Crippen LogP contribution in [0.3, 0.4) is 0 Å². The standard InChI is InChI=1S/C26H30Cl2N4OS/c1-3-16(2)23-29-24(22-19-7-5-4-6-8-21(19)34-25(22)30-23)31-11-13-32(14-12-31)26(33)18-10-9-17(27)15-20(18)28/h9-10,15-16H,3-8,11-14H2,1-2H3/t16-/m1/s1. The van der Waals surface area contributed by atoms with Gasteiger partial charge >= 0.3 is 0 Å². The number of rotatable bonds is 4. The van der Waals surface area contributed by atoms with Crippen molar-refractivity contribution in [2.24, 2.45) is 0 Å². The molecule has 0 bridgehead atoms. The molecule has 1 aliphatic heterocycles. The molecule has 0 N–H and O–H groups in total. The third kappa shape index (κ3) is 4.52. The van der Waals surface area contributed by atoms with Crippen LogP contribution in [0, 0.1) is 0 Å². The van der Waals surface area contributed by atoms with E-state index in [9.17, 15) is 4.79 Å². The molecule has 8 heteroatoms. The molecule has 0 radical (unpaired) electrons. The molecule has 1 saturated heterocycles. The van der Waals surface area contributed by atoms with Crippen molar-refractivity contribution in [3.05, 3.63) is 50.1 Å². The Morgan fingerprint density at radius 2 is 1.85 bits per heavy atom. The number of piperazine rings is 1. The Kier molecular flexibility index (Phi) is 7.01. The number of nitrogens with zero attached hydrogens (tertiary/aromatic N) is 4. The lowest BCUT2D eigenvalue weighted by atomic mass is 10.1. The van der Waals surface area contributed by atoms with Gasteiger partial charge in [0.05, 0.1) is 16.0 Å². The van der Waals surface area contributed by atoms with E-state index in [1.54, 1.807) is 18.2 Å². The second-order valence-corrected chi connectivity index (χ2v) is 11.3. The monoisotopic (exact) mass is 516 g/mol. The first-order valence-corrected chi connectivity index (χ1v) is 13.8. The van der Waals surface area contributed by atoms with Crippen LogP contribution < -0.4 is 4.90 Å². The second kappa shape index (κ2) is 10.00. The number of halogens is 2. The van der Waals surface area contributed by atoms with Gasteiger partial charge < -0.3 is 9.80 Å². The van der Waals surface area contributed by atoms with Gasteiger partial charge in [-0.05, 0) is 55.9 Å². The number of thiophene rings is 1. The Hall–Kier alpha value is -1.89. The summed E-state index contributed by atoms with van der Waals surface area (Å²) in [4.78, 5) is 30.2. The van der Waals surface area contributed by atoms with E-state index in [2.05, 4.69) is 18.7 Å². The summed E-state index contributed by atoms with van der Waals surface area (Å²) in [5, 5.41) is 2.19. The zero-order chi connectivity index (χ0) is 23.8. The number of hydrogen-bond acceptors (Lipinski definition) is 5. The van der Waals surface area contributed by atoms with Crippen LogP contribution in [-0.2, 0) is 12.8 Å². The molecule has 2 aromatic heterocycles. The molecule has 0 unspecified atom stereocenters. The van der Waals surface area contributed by atoms with Crippen LogP contribution in [-0.4, -0.2) is 47.0 Å². The van der Waals surface area contributed by atoms with Crippen molar-refractivity contribution in [1.29, 1.82) is 0 Å². The number of carbonyl (C=O) groups excluding carboxylic acids is 1. The summed E-state index contributed by atoms with van der Waals surface area (Å²) in [7, 11) is 0. The summed E-state index contributed by atoms with van der Waals surface area (Å²) in [6.45, 7) is 7.15. The molecule has 0 saturated carbocycles. The predicted molar refractivity (Wildman–Crippen MR) is 142 cm³/mol. The van der Waals surface area contributed by atoms with Gasteiger partial charge in [0, 0.05) is 42.0 Å². The Balaban J connectivity index is 1.45. The van der Waals surface area contributed by atoms with Crippen molar-refractivity contribution < 1.29 is 4.79 Å². The van der Waals surface area contributed by atoms with Gasteiger partial charge in [-0.15, -0.1) is 11.3 Å². The van der Waals surface area contributed by atoms with E-state index >= 15 is 0 Å². The molecule has 0 spiro atoms. The van der Waals surface area contributed by atoms with E-state index in [4.69, 9.17) is 33.2 Å². The van der Waals surface area contributed by atoms with Crippen molar-refractivity contribution in [3.8, 4) is 0 Å². The van der Waals surface area contributed by atoms with Crippen molar-refractivity contribution in [3.63, 3.8) is 0 Å². The van der Waals surface area contributed by atoms with Crippen LogP contribution in [0.2, 0.25) is 10.0 Å². The molecule has 5 nitrogen and oxygen atoms in total. The first-order valence-electron chi connectivity index (χ1n) is 12.3. The maximum absolute atomic E-state index is 13.1. The molecule has 2 aliphatic rings. The highest BCUT2D eigenvalue weighted by Gasteiger charge is 2.28. The quantitative estimate of drug-likeness (QED) is 0.360. The summed E-state index contributed by atoms with van der Waals surface area (Å²) in [5.74, 6) is 2.28. The first kappa shape index (κ1) is 23.8. The number of amides is 1. The van der Waals surface area contributed by atoms with Gasteiger partial charge in [0.2, 0.25) is 0 Å². The fourth-order valence-corrected chi connectivity index (χ4v) is 6.67. The lowest BCUT2D eigenvalue weighted by Gasteiger charge is -2.36. The van der Waals surface area contributed by atoms with Crippen molar-refractivity contribution in [2.75, 3.05) is 31.1 Å². The fraction of sp³-hybridized carbons (Fsp3) is 0.500. The minimum Gasteiger partial charge on any atom is -0.352 e. The van der Waals surface area contributed by atoms with E-state index in [1.807, 2.05) is 16.2 Å². The normalized spacial score (nSPS) is 17.5. The van der Waals surface area contributed by atoms with Crippen molar-refractivity contribution in [2.45, 2.75) is 58.3 Å². The number of aryl methyl sites for hydroxylation is 2. The minimum absolute atomic E-state index is 0.0427. The maximum Gasteiger partial charge on any atom is 0.255 e.